The SMILES string of the molecule is Cc1nc(CNS(=O)(=O)c2c(C)sc3ccc(Cl)cc23)cs1. The third kappa shape index (κ3) is 3.04. The van der Waals surface area contributed by atoms with Gasteiger partial charge < -0.3 is 0 Å². The minimum Gasteiger partial charge on any atom is -0.245 e. The highest BCUT2D eigenvalue weighted by atomic mass is 35.5. The van der Waals surface area contributed by atoms with Crippen LogP contribution in [-0.2, 0) is 16.6 Å². The van der Waals surface area contributed by atoms with Crippen molar-refractivity contribution in [2.75, 3.05) is 0 Å². The van der Waals surface area contributed by atoms with E-state index in [0.29, 0.717) is 15.3 Å². The van der Waals surface area contributed by atoms with Gasteiger partial charge in [-0.15, -0.1) is 22.7 Å². The summed E-state index contributed by atoms with van der Waals surface area (Å²) in [5.41, 5.74) is 0.723. The maximum Gasteiger partial charge on any atom is 0.242 e. The largest absolute Gasteiger partial charge is 0.245 e. The number of halogens is 1. The second-order valence-corrected chi connectivity index (χ2v) is 9.27. The summed E-state index contributed by atoms with van der Waals surface area (Å²) < 4.78 is 28.8. The van der Waals surface area contributed by atoms with Gasteiger partial charge in [0.25, 0.3) is 0 Å². The van der Waals surface area contributed by atoms with Crippen molar-refractivity contribution >= 4 is 54.4 Å². The molecule has 0 spiro atoms. The van der Waals surface area contributed by atoms with Gasteiger partial charge in [-0.25, -0.2) is 18.1 Å². The molecular formula is C14H13ClN2O2S3. The number of sulfonamides is 1. The zero-order valence-electron chi connectivity index (χ0n) is 11.9. The van der Waals surface area contributed by atoms with Crippen LogP contribution in [0.1, 0.15) is 15.6 Å². The molecule has 0 amide bonds. The lowest BCUT2D eigenvalue weighted by molar-refractivity contribution is 0.581. The molecule has 3 rings (SSSR count). The number of nitrogens with zero attached hydrogens (tertiary/aromatic N) is 1. The van der Waals surface area contributed by atoms with E-state index in [-0.39, 0.29) is 6.54 Å². The van der Waals surface area contributed by atoms with E-state index in [2.05, 4.69) is 9.71 Å². The minimum absolute atomic E-state index is 0.185. The molecule has 0 aliphatic carbocycles. The Morgan fingerprint density at radius 1 is 1.32 bits per heavy atom. The Labute approximate surface area is 141 Å². The van der Waals surface area contributed by atoms with E-state index in [1.165, 1.54) is 22.7 Å². The monoisotopic (exact) mass is 372 g/mol. The smallest absolute Gasteiger partial charge is 0.242 e. The average molecular weight is 373 g/mol. The quantitative estimate of drug-likeness (QED) is 0.749. The van der Waals surface area contributed by atoms with Crippen molar-refractivity contribution < 1.29 is 8.42 Å². The average Bonchev–Trinajstić information content (AvgIpc) is 2.99. The van der Waals surface area contributed by atoms with Crippen LogP contribution in [0.2, 0.25) is 5.02 Å². The Morgan fingerprint density at radius 2 is 2.09 bits per heavy atom. The number of aromatic nitrogens is 1. The fourth-order valence-electron chi connectivity index (χ4n) is 2.23. The predicted octanol–water partition coefficient (Wildman–Crippen LogP) is 4.11. The van der Waals surface area contributed by atoms with Crippen LogP contribution in [0.25, 0.3) is 10.1 Å². The van der Waals surface area contributed by atoms with E-state index in [0.717, 1.165) is 20.3 Å². The van der Waals surface area contributed by atoms with Gasteiger partial charge >= 0.3 is 0 Å². The number of fused-ring (bicyclic) bond motifs is 1. The van der Waals surface area contributed by atoms with Crippen LogP contribution < -0.4 is 4.72 Å². The Bertz CT molecular complexity index is 944. The first-order valence-corrected chi connectivity index (χ1v) is 10.0. The van der Waals surface area contributed by atoms with Crippen LogP contribution in [0, 0.1) is 13.8 Å². The number of benzene rings is 1. The highest BCUT2D eigenvalue weighted by molar-refractivity contribution is 7.90. The van der Waals surface area contributed by atoms with Crippen LogP contribution in [0.4, 0.5) is 0 Å². The maximum absolute atomic E-state index is 12.6. The molecule has 0 fully saturated rings. The van der Waals surface area contributed by atoms with Gasteiger partial charge in [0.1, 0.15) is 4.90 Å². The Kier molecular flexibility index (Phi) is 4.26. The number of nitrogens with one attached hydrogen (secondary N) is 1. The van der Waals surface area contributed by atoms with Crippen molar-refractivity contribution in [2.45, 2.75) is 25.3 Å². The van der Waals surface area contributed by atoms with Crippen LogP contribution in [-0.4, -0.2) is 13.4 Å². The Morgan fingerprint density at radius 3 is 2.77 bits per heavy atom. The number of thiophene rings is 1. The Hall–Kier alpha value is -0.990. The number of rotatable bonds is 4. The highest BCUT2D eigenvalue weighted by Crippen LogP contribution is 2.35. The lowest BCUT2D eigenvalue weighted by Gasteiger charge is -2.06. The molecule has 116 valence electrons. The van der Waals surface area contributed by atoms with Gasteiger partial charge in [0, 0.05) is 25.4 Å². The molecule has 0 radical (unpaired) electrons. The summed E-state index contributed by atoms with van der Waals surface area (Å²) in [6.07, 6.45) is 0. The zero-order chi connectivity index (χ0) is 15.9. The second kappa shape index (κ2) is 5.90. The molecule has 22 heavy (non-hydrogen) atoms. The van der Waals surface area contributed by atoms with E-state index < -0.39 is 10.0 Å². The summed E-state index contributed by atoms with van der Waals surface area (Å²) in [5, 5.41) is 3.96. The summed E-state index contributed by atoms with van der Waals surface area (Å²) in [7, 11) is -3.61. The number of hydrogen-bond donors (Lipinski definition) is 1. The topological polar surface area (TPSA) is 59.1 Å². The predicted molar refractivity (Wildman–Crippen MR) is 92.4 cm³/mol. The summed E-state index contributed by atoms with van der Waals surface area (Å²) in [6, 6.07) is 5.31. The van der Waals surface area contributed by atoms with Crippen molar-refractivity contribution in [3.8, 4) is 0 Å². The highest BCUT2D eigenvalue weighted by Gasteiger charge is 2.22. The summed E-state index contributed by atoms with van der Waals surface area (Å²) in [4.78, 5) is 5.32. The molecule has 0 aliphatic heterocycles. The molecule has 1 aromatic carbocycles. The van der Waals surface area contributed by atoms with Gasteiger partial charge in [-0.3, -0.25) is 0 Å². The van der Waals surface area contributed by atoms with Gasteiger partial charge in [0.15, 0.2) is 0 Å². The number of hydrogen-bond acceptors (Lipinski definition) is 5. The summed E-state index contributed by atoms with van der Waals surface area (Å²) in [6.45, 7) is 3.88. The molecule has 4 nitrogen and oxygen atoms in total. The number of aryl methyl sites for hydroxylation is 2. The first kappa shape index (κ1) is 15.9. The lowest BCUT2D eigenvalue weighted by Crippen LogP contribution is -2.23. The zero-order valence-corrected chi connectivity index (χ0v) is 15.1. The van der Waals surface area contributed by atoms with Crippen LogP contribution in [0.5, 0.6) is 0 Å². The van der Waals surface area contributed by atoms with Gasteiger partial charge in [0.2, 0.25) is 10.0 Å². The molecule has 0 saturated heterocycles. The van der Waals surface area contributed by atoms with E-state index in [1.54, 1.807) is 19.1 Å². The van der Waals surface area contributed by atoms with E-state index in [4.69, 9.17) is 11.6 Å². The second-order valence-electron chi connectivity index (χ2n) is 4.81. The van der Waals surface area contributed by atoms with E-state index in [1.807, 2.05) is 18.4 Å². The van der Waals surface area contributed by atoms with Gasteiger partial charge in [-0.05, 0) is 32.0 Å². The third-order valence-corrected chi connectivity index (χ3v) is 7.01. The van der Waals surface area contributed by atoms with E-state index >= 15 is 0 Å². The van der Waals surface area contributed by atoms with Gasteiger partial charge in [-0.1, -0.05) is 11.6 Å². The normalized spacial score (nSPS) is 12.1. The fraction of sp³-hybridized carbons (Fsp3) is 0.214. The fourth-order valence-corrected chi connectivity index (χ4v) is 5.80. The lowest BCUT2D eigenvalue weighted by atomic mass is 10.2. The van der Waals surface area contributed by atoms with Crippen LogP contribution in [0.15, 0.2) is 28.5 Å². The number of thiazole rings is 1. The molecule has 3 aromatic rings. The van der Waals surface area contributed by atoms with Crippen molar-refractivity contribution in [2.24, 2.45) is 0 Å². The maximum atomic E-state index is 12.6. The molecule has 8 heteroatoms. The van der Waals surface area contributed by atoms with Crippen molar-refractivity contribution in [3.63, 3.8) is 0 Å². The van der Waals surface area contributed by atoms with Crippen LogP contribution >= 0.6 is 34.3 Å². The standard InChI is InChI=1S/C14H13ClN2O2S3/c1-8-14(12-5-10(15)3-4-13(12)21-8)22(18,19)16-6-11-7-20-9(2)17-11/h3-5,7,16H,6H2,1-2H3. The molecule has 0 unspecified atom stereocenters. The summed E-state index contributed by atoms with van der Waals surface area (Å²) in [5.74, 6) is 0. The van der Waals surface area contributed by atoms with Crippen molar-refractivity contribution in [1.82, 2.24) is 9.71 Å². The summed E-state index contributed by atoms with van der Waals surface area (Å²) >= 11 is 8.95. The Balaban J connectivity index is 1.98. The molecule has 2 aromatic heterocycles. The first-order chi connectivity index (χ1) is 10.4. The van der Waals surface area contributed by atoms with Gasteiger partial charge in [-0.2, -0.15) is 0 Å². The molecular weight excluding hydrogens is 360 g/mol. The van der Waals surface area contributed by atoms with Crippen molar-refractivity contribution in [3.05, 3.63) is 44.2 Å². The van der Waals surface area contributed by atoms with E-state index in [9.17, 15) is 8.42 Å². The molecule has 2 heterocycles. The molecule has 0 saturated carbocycles. The molecule has 1 N–H and O–H groups in total. The molecule has 0 bridgehead atoms. The first-order valence-electron chi connectivity index (χ1n) is 6.46. The van der Waals surface area contributed by atoms with Crippen molar-refractivity contribution in [1.29, 1.82) is 0 Å². The third-order valence-electron chi connectivity index (χ3n) is 3.15. The minimum atomic E-state index is -3.61. The van der Waals surface area contributed by atoms with Crippen LogP contribution in [0.3, 0.4) is 0 Å². The van der Waals surface area contributed by atoms with Gasteiger partial charge in [0.05, 0.1) is 17.2 Å². The molecule has 0 atom stereocenters. The molecule has 0 aliphatic rings.